The highest BCUT2D eigenvalue weighted by Crippen LogP contribution is 2.41. The number of amides is 1. The van der Waals surface area contributed by atoms with Crippen LogP contribution in [0.3, 0.4) is 0 Å². The summed E-state index contributed by atoms with van der Waals surface area (Å²) in [5.74, 6) is 0.729. The molecule has 0 bridgehead atoms. The summed E-state index contributed by atoms with van der Waals surface area (Å²) < 4.78 is 5.78. The van der Waals surface area contributed by atoms with Crippen LogP contribution in [0.1, 0.15) is 10.4 Å². The first-order valence-corrected chi connectivity index (χ1v) is 11.6. The zero-order valence-corrected chi connectivity index (χ0v) is 19.6. The molecule has 0 spiro atoms. The number of hydrogen-bond acceptors (Lipinski definition) is 5. The number of likely N-dealkylation sites (N-methyl/N-ethyl adjacent to an activating group) is 1. The highest BCUT2D eigenvalue weighted by atomic mass is 16.5. The normalized spacial score (nSPS) is 14.2. The second-order valence-electron chi connectivity index (χ2n) is 9.02. The van der Waals surface area contributed by atoms with Crippen molar-refractivity contribution >= 4 is 27.7 Å². The Morgan fingerprint density at radius 2 is 1.89 bits per heavy atom. The van der Waals surface area contributed by atoms with Crippen LogP contribution < -0.4 is 10.1 Å². The van der Waals surface area contributed by atoms with Gasteiger partial charge in [0.05, 0.1) is 30.6 Å². The lowest BCUT2D eigenvalue weighted by atomic mass is 9.97. The molecule has 0 atom stereocenters. The Kier molecular flexibility index (Phi) is 5.19. The van der Waals surface area contributed by atoms with E-state index >= 15 is 0 Å². The summed E-state index contributed by atoms with van der Waals surface area (Å²) in [6.45, 7) is 1.78. The minimum Gasteiger partial charge on any atom is -0.496 e. The first kappa shape index (κ1) is 21.3. The Hall–Kier alpha value is -4.23. The number of aromatic nitrogens is 3. The minimum atomic E-state index is -0.0425. The Balaban J connectivity index is 1.44. The van der Waals surface area contributed by atoms with Gasteiger partial charge in [0.25, 0.3) is 5.91 Å². The van der Waals surface area contributed by atoms with Crippen LogP contribution in [0.15, 0.2) is 73.2 Å². The van der Waals surface area contributed by atoms with Crippen molar-refractivity contribution in [3.63, 3.8) is 0 Å². The van der Waals surface area contributed by atoms with Gasteiger partial charge in [0, 0.05) is 58.5 Å². The number of likely N-dealkylation sites (tertiary alicyclic amines) is 1. The van der Waals surface area contributed by atoms with Gasteiger partial charge in [0.15, 0.2) is 0 Å². The van der Waals surface area contributed by atoms with E-state index in [4.69, 9.17) is 4.74 Å². The van der Waals surface area contributed by atoms with Gasteiger partial charge in [-0.3, -0.25) is 14.8 Å². The van der Waals surface area contributed by atoms with E-state index in [9.17, 15) is 4.79 Å². The molecular formula is C28H25N5O2. The van der Waals surface area contributed by atoms with Crippen molar-refractivity contribution in [2.24, 2.45) is 0 Å². The van der Waals surface area contributed by atoms with Gasteiger partial charge in [0.1, 0.15) is 5.75 Å². The number of benzene rings is 2. The molecule has 0 radical (unpaired) electrons. The van der Waals surface area contributed by atoms with Crippen molar-refractivity contribution in [1.82, 2.24) is 25.2 Å². The fourth-order valence-corrected chi connectivity index (χ4v) is 4.85. The van der Waals surface area contributed by atoms with E-state index < -0.39 is 0 Å². The number of carbonyl (C=O) groups excluding carboxylic acids is 1. The third-order valence-corrected chi connectivity index (χ3v) is 6.62. The largest absolute Gasteiger partial charge is 0.496 e. The molecule has 2 aromatic carbocycles. The molecule has 2 N–H and O–H groups in total. The van der Waals surface area contributed by atoms with Gasteiger partial charge in [-0.2, -0.15) is 0 Å². The van der Waals surface area contributed by atoms with Crippen LogP contribution in [0.5, 0.6) is 5.75 Å². The second-order valence-corrected chi connectivity index (χ2v) is 9.02. The number of nitrogens with zero attached hydrogens (tertiary/aromatic N) is 3. The van der Waals surface area contributed by atoms with Gasteiger partial charge in [-0.05, 0) is 55.1 Å². The average Bonchev–Trinajstić information content (AvgIpc) is 3.25. The molecule has 1 fully saturated rings. The number of pyridine rings is 2. The third-order valence-electron chi connectivity index (χ3n) is 6.62. The van der Waals surface area contributed by atoms with Crippen LogP contribution in [0.25, 0.3) is 44.2 Å². The first-order valence-electron chi connectivity index (χ1n) is 11.6. The van der Waals surface area contributed by atoms with Gasteiger partial charge >= 0.3 is 0 Å². The molecule has 5 aromatic rings. The molecule has 0 aliphatic carbocycles. The molecule has 1 aliphatic heterocycles. The van der Waals surface area contributed by atoms with E-state index in [0.717, 1.165) is 63.0 Å². The summed E-state index contributed by atoms with van der Waals surface area (Å²) in [6, 6.07) is 17.9. The maximum Gasteiger partial charge on any atom is 0.251 e. The summed E-state index contributed by atoms with van der Waals surface area (Å²) in [5.41, 5.74) is 6.37. The van der Waals surface area contributed by atoms with E-state index in [-0.39, 0.29) is 11.9 Å². The van der Waals surface area contributed by atoms with Gasteiger partial charge in [-0.25, -0.2) is 0 Å². The predicted octanol–water partition coefficient (Wildman–Crippen LogP) is 4.50. The standard InChI is InChI=1S/C28H25N5O2/c1-33-15-20(16-33)31-28(34)18-7-5-17(6-8-18)26-25(35-2)10-9-22-27(26)21-12-23(30-14-24(21)32-22)19-4-3-11-29-13-19/h3-14,20,32H,15-16H2,1-2H3,(H,31,34). The summed E-state index contributed by atoms with van der Waals surface area (Å²) in [6.07, 6.45) is 5.43. The summed E-state index contributed by atoms with van der Waals surface area (Å²) in [7, 11) is 3.73. The minimum absolute atomic E-state index is 0.0425. The highest BCUT2D eigenvalue weighted by molar-refractivity contribution is 6.16. The lowest BCUT2D eigenvalue weighted by Crippen LogP contribution is -2.57. The summed E-state index contributed by atoms with van der Waals surface area (Å²) in [5, 5.41) is 5.21. The molecule has 0 saturated carbocycles. The quantitative estimate of drug-likeness (QED) is 0.401. The van der Waals surface area contributed by atoms with Crippen LogP contribution in [-0.2, 0) is 0 Å². The van der Waals surface area contributed by atoms with Crippen molar-refractivity contribution in [2.45, 2.75) is 6.04 Å². The van der Waals surface area contributed by atoms with Crippen molar-refractivity contribution in [1.29, 1.82) is 0 Å². The second kappa shape index (κ2) is 8.52. The fraction of sp³-hybridized carbons (Fsp3) is 0.179. The lowest BCUT2D eigenvalue weighted by Gasteiger charge is -2.36. The van der Waals surface area contributed by atoms with Crippen molar-refractivity contribution < 1.29 is 9.53 Å². The maximum absolute atomic E-state index is 12.7. The predicted molar refractivity (Wildman–Crippen MR) is 138 cm³/mol. The Morgan fingerprint density at radius 1 is 1.06 bits per heavy atom. The monoisotopic (exact) mass is 463 g/mol. The van der Waals surface area contributed by atoms with E-state index in [1.165, 1.54) is 0 Å². The molecule has 174 valence electrons. The van der Waals surface area contributed by atoms with Crippen LogP contribution in [0.4, 0.5) is 0 Å². The number of nitrogens with one attached hydrogen (secondary N) is 2. The van der Waals surface area contributed by atoms with Gasteiger partial charge in [-0.1, -0.05) is 12.1 Å². The van der Waals surface area contributed by atoms with Crippen molar-refractivity contribution in [3.8, 4) is 28.1 Å². The molecule has 7 heteroatoms. The Labute approximate surface area is 202 Å². The number of ether oxygens (including phenoxy) is 1. The molecule has 3 aromatic heterocycles. The van der Waals surface area contributed by atoms with E-state index in [2.05, 4.69) is 31.2 Å². The zero-order chi connectivity index (χ0) is 23.9. The number of methoxy groups -OCH3 is 1. The molecule has 35 heavy (non-hydrogen) atoms. The van der Waals surface area contributed by atoms with Crippen LogP contribution >= 0.6 is 0 Å². The molecular weight excluding hydrogens is 438 g/mol. The molecule has 1 amide bonds. The van der Waals surface area contributed by atoms with Crippen LogP contribution in [0, 0.1) is 0 Å². The summed E-state index contributed by atoms with van der Waals surface area (Å²) in [4.78, 5) is 27.2. The number of aromatic amines is 1. The summed E-state index contributed by atoms with van der Waals surface area (Å²) >= 11 is 0. The van der Waals surface area contributed by atoms with Gasteiger partial charge < -0.3 is 19.9 Å². The number of carbonyl (C=O) groups is 1. The van der Waals surface area contributed by atoms with Crippen LogP contribution in [0.2, 0.25) is 0 Å². The topological polar surface area (TPSA) is 83.1 Å². The molecule has 7 nitrogen and oxygen atoms in total. The average molecular weight is 464 g/mol. The van der Waals surface area contributed by atoms with Crippen molar-refractivity contribution in [2.75, 3.05) is 27.2 Å². The highest BCUT2D eigenvalue weighted by Gasteiger charge is 2.25. The molecule has 1 aliphatic rings. The van der Waals surface area contributed by atoms with Crippen LogP contribution in [-0.4, -0.2) is 59.0 Å². The smallest absolute Gasteiger partial charge is 0.251 e. The Bertz CT molecular complexity index is 1540. The first-order chi connectivity index (χ1) is 17.1. The van der Waals surface area contributed by atoms with E-state index in [0.29, 0.717) is 5.56 Å². The third kappa shape index (κ3) is 3.80. The molecule has 6 rings (SSSR count). The lowest BCUT2D eigenvalue weighted by molar-refractivity contribution is 0.0858. The van der Waals surface area contributed by atoms with E-state index in [1.54, 1.807) is 13.3 Å². The van der Waals surface area contributed by atoms with Crippen molar-refractivity contribution in [3.05, 3.63) is 78.8 Å². The Morgan fingerprint density at radius 3 is 2.60 bits per heavy atom. The number of H-pyrrole nitrogens is 1. The zero-order valence-electron chi connectivity index (χ0n) is 19.6. The number of fused-ring (bicyclic) bond motifs is 3. The molecule has 4 heterocycles. The number of rotatable bonds is 5. The van der Waals surface area contributed by atoms with Gasteiger partial charge in [-0.15, -0.1) is 0 Å². The molecule has 1 saturated heterocycles. The van der Waals surface area contributed by atoms with Gasteiger partial charge in [0.2, 0.25) is 0 Å². The fourth-order valence-electron chi connectivity index (χ4n) is 4.85. The number of hydrogen-bond donors (Lipinski definition) is 2. The SMILES string of the molecule is COc1ccc2[nH]c3cnc(-c4cccnc4)cc3c2c1-c1ccc(C(=O)NC2CN(C)C2)cc1. The molecule has 0 unspecified atom stereocenters. The van der Waals surface area contributed by atoms with E-state index in [1.807, 2.05) is 68.0 Å². The maximum atomic E-state index is 12.7.